The number of aliphatic hydroxyl groups is 1. The highest BCUT2D eigenvalue weighted by atomic mass is 16.3. The second kappa shape index (κ2) is 8.34. The first-order valence-electron chi connectivity index (χ1n) is 8.69. The van der Waals surface area contributed by atoms with Crippen molar-refractivity contribution in [3.8, 4) is 0 Å². The Bertz CT molecular complexity index is 497. The molecule has 1 aromatic heterocycles. The molecule has 0 bridgehead atoms. The SMILES string of the molecule is Cc1cnn(CCCNC(=O)N[C@@](C)(CO)C2CCCCC2)c1. The summed E-state index contributed by atoms with van der Waals surface area (Å²) in [6, 6.07) is -0.191. The van der Waals surface area contributed by atoms with Crippen LogP contribution in [-0.2, 0) is 6.54 Å². The lowest BCUT2D eigenvalue weighted by atomic mass is 9.76. The molecule has 1 fully saturated rings. The average Bonchev–Trinajstić information content (AvgIpc) is 2.97. The minimum atomic E-state index is -0.524. The summed E-state index contributed by atoms with van der Waals surface area (Å²) in [6.45, 7) is 5.33. The van der Waals surface area contributed by atoms with Crippen LogP contribution in [0.5, 0.6) is 0 Å². The minimum absolute atomic E-state index is 0.0162. The van der Waals surface area contributed by atoms with Gasteiger partial charge in [0, 0.05) is 19.3 Å². The van der Waals surface area contributed by atoms with Crippen LogP contribution >= 0.6 is 0 Å². The van der Waals surface area contributed by atoms with Gasteiger partial charge in [0.05, 0.1) is 18.3 Å². The molecule has 1 heterocycles. The maximum absolute atomic E-state index is 12.1. The number of nitrogens with zero attached hydrogens (tertiary/aromatic N) is 2. The third kappa shape index (κ3) is 5.23. The van der Waals surface area contributed by atoms with Crippen molar-refractivity contribution in [2.75, 3.05) is 13.2 Å². The van der Waals surface area contributed by atoms with Gasteiger partial charge in [0.1, 0.15) is 0 Å². The molecule has 0 radical (unpaired) electrons. The van der Waals surface area contributed by atoms with E-state index in [1.165, 1.54) is 19.3 Å². The Labute approximate surface area is 138 Å². The van der Waals surface area contributed by atoms with Crippen molar-refractivity contribution in [3.63, 3.8) is 0 Å². The van der Waals surface area contributed by atoms with Crippen LogP contribution in [0.1, 0.15) is 51.0 Å². The Morgan fingerprint density at radius 3 is 2.78 bits per heavy atom. The Kier molecular flexibility index (Phi) is 6.45. The van der Waals surface area contributed by atoms with Gasteiger partial charge in [0.15, 0.2) is 0 Å². The lowest BCUT2D eigenvalue weighted by molar-refractivity contribution is 0.101. The van der Waals surface area contributed by atoms with Crippen molar-refractivity contribution < 1.29 is 9.90 Å². The molecule has 1 aliphatic rings. The van der Waals surface area contributed by atoms with E-state index < -0.39 is 5.54 Å². The summed E-state index contributed by atoms with van der Waals surface area (Å²) in [5.74, 6) is 0.360. The fourth-order valence-corrected chi connectivity index (χ4v) is 3.35. The third-order valence-electron chi connectivity index (χ3n) is 4.85. The number of rotatable bonds is 7. The highest BCUT2D eigenvalue weighted by molar-refractivity contribution is 5.74. The molecule has 1 saturated carbocycles. The van der Waals surface area contributed by atoms with Crippen LogP contribution in [-0.4, -0.2) is 39.6 Å². The molecular formula is C17H30N4O2. The van der Waals surface area contributed by atoms with Gasteiger partial charge in [0.25, 0.3) is 0 Å². The average molecular weight is 322 g/mol. The fraction of sp³-hybridized carbons (Fsp3) is 0.765. The normalized spacial score (nSPS) is 18.4. The summed E-state index contributed by atoms with van der Waals surface area (Å²) in [6.07, 6.45) is 10.4. The van der Waals surface area contributed by atoms with Gasteiger partial charge in [-0.2, -0.15) is 5.10 Å². The second-order valence-electron chi connectivity index (χ2n) is 6.93. The number of carbonyl (C=O) groups excluding carboxylic acids is 1. The van der Waals surface area contributed by atoms with Crippen LogP contribution in [0.15, 0.2) is 12.4 Å². The summed E-state index contributed by atoms with van der Waals surface area (Å²) in [5, 5.41) is 19.9. The predicted octanol–water partition coefficient (Wildman–Crippen LogP) is 2.21. The standard InChI is InChI=1S/C17H30N4O2/c1-14-11-19-21(12-14)10-6-9-18-16(23)20-17(2,13-22)15-7-4-3-5-8-15/h11-12,15,22H,3-10,13H2,1-2H3,(H2,18,20,23)/t17-/m0/s1. The lowest BCUT2D eigenvalue weighted by Crippen LogP contribution is -2.57. The van der Waals surface area contributed by atoms with Crippen LogP contribution in [0.4, 0.5) is 4.79 Å². The van der Waals surface area contributed by atoms with Crippen molar-refractivity contribution in [2.24, 2.45) is 5.92 Å². The molecule has 0 aromatic carbocycles. The van der Waals surface area contributed by atoms with E-state index in [1.807, 2.05) is 30.9 Å². The zero-order valence-electron chi connectivity index (χ0n) is 14.3. The highest BCUT2D eigenvalue weighted by Crippen LogP contribution is 2.32. The number of amides is 2. The van der Waals surface area contributed by atoms with Gasteiger partial charge in [-0.25, -0.2) is 4.79 Å². The number of urea groups is 1. The Hall–Kier alpha value is -1.56. The largest absolute Gasteiger partial charge is 0.394 e. The van der Waals surface area contributed by atoms with E-state index >= 15 is 0 Å². The van der Waals surface area contributed by atoms with E-state index in [9.17, 15) is 9.90 Å². The molecule has 1 aliphatic carbocycles. The molecule has 23 heavy (non-hydrogen) atoms. The van der Waals surface area contributed by atoms with E-state index in [0.717, 1.165) is 31.4 Å². The van der Waals surface area contributed by atoms with Crippen molar-refractivity contribution in [1.29, 1.82) is 0 Å². The van der Waals surface area contributed by atoms with E-state index in [-0.39, 0.29) is 12.6 Å². The third-order valence-corrected chi connectivity index (χ3v) is 4.85. The number of hydrogen-bond donors (Lipinski definition) is 3. The van der Waals surface area contributed by atoms with Crippen molar-refractivity contribution in [3.05, 3.63) is 18.0 Å². The van der Waals surface area contributed by atoms with Gasteiger partial charge >= 0.3 is 6.03 Å². The smallest absolute Gasteiger partial charge is 0.315 e. The fourth-order valence-electron chi connectivity index (χ4n) is 3.35. The first-order chi connectivity index (χ1) is 11.0. The molecule has 0 saturated heterocycles. The first-order valence-corrected chi connectivity index (χ1v) is 8.69. The molecular weight excluding hydrogens is 292 g/mol. The molecule has 6 nitrogen and oxygen atoms in total. The van der Waals surface area contributed by atoms with Crippen LogP contribution in [0.25, 0.3) is 0 Å². The monoisotopic (exact) mass is 322 g/mol. The highest BCUT2D eigenvalue weighted by Gasteiger charge is 2.35. The van der Waals surface area contributed by atoms with Gasteiger partial charge in [-0.1, -0.05) is 19.3 Å². The van der Waals surface area contributed by atoms with Crippen molar-refractivity contribution in [1.82, 2.24) is 20.4 Å². The molecule has 0 spiro atoms. The van der Waals surface area contributed by atoms with E-state index in [0.29, 0.717) is 12.5 Å². The summed E-state index contributed by atoms with van der Waals surface area (Å²) in [4.78, 5) is 12.1. The van der Waals surface area contributed by atoms with Gasteiger partial charge < -0.3 is 15.7 Å². The maximum atomic E-state index is 12.1. The molecule has 2 rings (SSSR count). The molecule has 1 aromatic rings. The molecule has 1 atom stereocenters. The summed E-state index contributed by atoms with van der Waals surface area (Å²) < 4.78 is 1.88. The number of carbonyl (C=O) groups is 1. The first kappa shape index (κ1) is 17.8. The van der Waals surface area contributed by atoms with E-state index in [4.69, 9.17) is 0 Å². The Morgan fingerprint density at radius 1 is 1.43 bits per heavy atom. The van der Waals surface area contributed by atoms with Gasteiger partial charge in [-0.15, -0.1) is 0 Å². The van der Waals surface area contributed by atoms with E-state index in [1.54, 1.807) is 0 Å². The Morgan fingerprint density at radius 2 is 2.17 bits per heavy atom. The molecule has 130 valence electrons. The zero-order valence-corrected chi connectivity index (χ0v) is 14.3. The van der Waals surface area contributed by atoms with Crippen LogP contribution in [0.2, 0.25) is 0 Å². The van der Waals surface area contributed by atoms with Crippen LogP contribution in [0, 0.1) is 12.8 Å². The summed E-state index contributed by atoms with van der Waals surface area (Å²) in [5.41, 5.74) is 0.616. The molecule has 3 N–H and O–H groups in total. The predicted molar refractivity (Wildman–Crippen MR) is 90.2 cm³/mol. The molecule has 6 heteroatoms. The molecule has 0 unspecified atom stereocenters. The summed E-state index contributed by atoms with van der Waals surface area (Å²) >= 11 is 0. The lowest BCUT2D eigenvalue weighted by Gasteiger charge is -2.39. The zero-order chi connectivity index (χ0) is 16.7. The van der Waals surface area contributed by atoms with Gasteiger partial charge in [-0.05, 0) is 44.6 Å². The van der Waals surface area contributed by atoms with Crippen molar-refractivity contribution >= 4 is 6.03 Å². The number of aromatic nitrogens is 2. The number of aryl methyl sites for hydroxylation is 2. The van der Waals surface area contributed by atoms with Crippen molar-refractivity contribution in [2.45, 2.75) is 64.5 Å². The number of aliphatic hydroxyl groups excluding tert-OH is 1. The molecule has 2 amide bonds. The minimum Gasteiger partial charge on any atom is -0.394 e. The second-order valence-corrected chi connectivity index (χ2v) is 6.93. The molecule has 0 aliphatic heterocycles. The number of nitrogens with one attached hydrogen (secondary N) is 2. The van der Waals surface area contributed by atoms with Gasteiger partial charge in [0.2, 0.25) is 0 Å². The topological polar surface area (TPSA) is 79.2 Å². The van der Waals surface area contributed by atoms with Crippen LogP contribution in [0.3, 0.4) is 0 Å². The Balaban J connectivity index is 1.71. The summed E-state index contributed by atoms with van der Waals surface area (Å²) in [7, 11) is 0. The van der Waals surface area contributed by atoms with Crippen LogP contribution < -0.4 is 10.6 Å². The number of hydrogen-bond acceptors (Lipinski definition) is 3. The van der Waals surface area contributed by atoms with E-state index in [2.05, 4.69) is 15.7 Å². The quantitative estimate of drug-likeness (QED) is 0.673. The van der Waals surface area contributed by atoms with Gasteiger partial charge in [-0.3, -0.25) is 4.68 Å². The maximum Gasteiger partial charge on any atom is 0.315 e.